The van der Waals surface area contributed by atoms with Gasteiger partial charge < -0.3 is 9.84 Å². The predicted molar refractivity (Wildman–Crippen MR) is 118 cm³/mol. The summed E-state index contributed by atoms with van der Waals surface area (Å²) in [5.41, 5.74) is 7.20. The van der Waals surface area contributed by atoms with E-state index in [4.69, 9.17) is 9.84 Å². The molecule has 0 amide bonds. The van der Waals surface area contributed by atoms with Gasteiger partial charge in [0.05, 0.1) is 30.3 Å². The van der Waals surface area contributed by atoms with Crippen LogP contribution in [0.5, 0.6) is 0 Å². The highest BCUT2D eigenvalue weighted by Gasteiger charge is 2.47. The van der Waals surface area contributed by atoms with Crippen molar-refractivity contribution in [3.63, 3.8) is 0 Å². The van der Waals surface area contributed by atoms with E-state index in [2.05, 4.69) is 48.9 Å². The third kappa shape index (κ3) is 3.21. The zero-order valence-corrected chi connectivity index (χ0v) is 17.6. The average Bonchev–Trinajstić information content (AvgIpc) is 3.31. The molecule has 2 aromatic carbocycles. The second-order valence-electron chi connectivity index (χ2n) is 8.81. The Morgan fingerprint density at radius 1 is 1.17 bits per heavy atom. The molecule has 4 nitrogen and oxygen atoms in total. The number of hydrogen-bond donors (Lipinski definition) is 1. The van der Waals surface area contributed by atoms with Crippen LogP contribution in [0.4, 0.5) is 0 Å². The van der Waals surface area contributed by atoms with Gasteiger partial charge in [0.1, 0.15) is 6.10 Å². The van der Waals surface area contributed by atoms with Gasteiger partial charge in [0, 0.05) is 5.41 Å². The maximum Gasteiger partial charge on any atom is 0.106 e. The molecule has 1 saturated carbocycles. The molecule has 0 aliphatic heterocycles. The number of fused-ring (bicyclic) bond motifs is 2. The van der Waals surface area contributed by atoms with E-state index in [0.717, 1.165) is 30.5 Å². The maximum absolute atomic E-state index is 9.97. The van der Waals surface area contributed by atoms with Crippen LogP contribution in [0.1, 0.15) is 48.3 Å². The standard InChI is InChI=1S/C26H28N2O2/c1-18-8-11-22(12-9-18)28-23-14-21-10-13-25(26(21,2)15-20(23)16-27-28)30-24(17-29)19-6-4-3-5-7-19/h3-9,11-12,14,16,24-25,29H,10,13,15,17H2,1-2H3. The van der Waals surface area contributed by atoms with Gasteiger partial charge in [-0.2, -0.15) is 5.10 Å². The van der Waals surface area contributed by atoms with Crippen molar-refractivity contribution < 1.29 is 9.84 Å². The summed E-state index contributed by atoms with van der Waals surface area (Å²) in [6.45, 7) is 4.40. The number of nitrogens with zero attached hydrogens (tertiary/aromatic N) is 2. The molecular weight excluding hydrogens is 372 g/mol. The summed E-state index contributed by atoms with van der Waals surface area (Å²) in [5, 5.41) is 14.7. The summed E-state index contributed by atoms with van der Waals surface area (Å²) in [6, 6.07) is 18.5. The van der Waals surface area contributed by atoms with E-state index >= 15 is 0 Å². The average molecular weight is 401 g/mol. The molecule has 0 radical (unpaired) electrons. The van der Waals surface area contributed by atoms with Gasteiger partial charge in [-0.05, 0) is 55.5 Å². The van der Waals surface area contributed by atoms with Crippen LogP contribution in [0, 0.1) is 12.3 Å². The van der Waals surface area contributed by atoms with E-state index in [1.54, 1.807) is 0 Å². The van der Waals surface area contributed by atoms with Crippen LogP contribution in [-0.4, -0.2) is 27.6 Å². The summed E-state index contributed by atoms with van der Waals surface area (Å²) >= 11 is 0. The van der Waals surface area contributed by atoms with Gasteiger partial charge in [-0.15, -0.1) is 0 Å². The van der Waals surface area contributed by atoms with Crippen molar-refractivity contribution in [1.82, 2.24) is 9.78 Å². The molecule has 1 aromatic heterocycles. The Kier molecular flexibility index (Phi) is 4.84. The fourth-order valence-corrected chi connectivity index (χ4v) is 5.01. The van der Waals surface area contributed by atoms with Crippen molar-refractivity contribution in [3.05, 3.63) is 88.8 Å². The van der Waals surface area contributed by atoms with Gasteiger partial charge in [0.15, 0.2) is 0 Å². The highest BCUT2D eigenvalue weighted by atomic mass is 16.5. The molecule has 0 spiro atoms. The zero-order valence-electron chi connectivity index (χ0n) is 17.6. The Morgan fingerprint density at radius 2 is 1.93 bits per heavy atom. The van der Waals surface area contributed by atoms with E-state index in [1.165, 1.54) is 22.4 Å². The number of aryl methyl sites for hydroxylation is 1. The third-order valence-corrected chi connectivity index (χ3v) is 6.82. The van der Waals surface area contributed by atoms with Crippen molar-refractivity contribution >= 4 is 6.08 Å². The minimum atomic E-state index is -0.288. The van der Waals surface area contributed by atoms with Crippen molar-refractivity contribution in [1.29, 1.82) is 0 Å². The molecule has 5 rings (SSSR count). The Labute approximate surface area is 177 Å². The lowest BCUT2D eigenvalue weighted by Gasteiger charge is -2.37. The Balaban J connectivity index is 1.43. The molecular formula is C26H28N2O2. The highest BCUT2D eigenvalue weighted by molar-refractivity contribution is 5.62. The summed E-state index contributed by atoms with van der Waals surface area (Å²) in [4.78, 5) is 0. The molecule has 0 saturated heterocycles. The molecule has 3 atom stereocenters. The lowest BCUT2D eigenvalue weighted by Crippen LogP contribution is -2.36. The third-order valence-electron chi connectivity index (χ3n) is 6.82. The SMILES string of the molecule is Cc1ccc(-n2ncc3c2C=C2CCC(OC(CO)c4ccccc4)C2(C)C3)cc1. The number of hydrogen-bond acceptors (Lipinski definition) is 3. The smallest absolute Gasteiger partial charge is 0.106 e. The quantitative estimate of drug-likeness (QED) is 0.653. The number of ether oxygens (including phenoxy) is 1. The fraction of sp³-hybridized carbons (Fsp3) is 0.346. The largest absolute Gasteiger partial charge is 0.393 e. The van der Waals surface area contributed by atoms with Crippen LogP contribution in [0.15, 0.2) is 66.4 Å². The minimum absolute atomic E-state index is 0.00769. The summed E-state index contributed by atoms with van der Waals surface area (Å²) in [7, 11) is 0. The number of aliphatic hydroxyl groups excluding tert-OH is 1. The van der Waals surface area contributed by atoms with Crippen molar-refractivity contribution in [2.24, 2.45) is 5.41 Å². The van der Waals surface area contributed by atoms with E-state index in [1.807, 2.05) is 36.5 Å². The van der Waals surface area contributed by atoms with Crippen LogP contribution < -0.4 is 0 Å². The molecule has 4 heteroatoms. The van der Waals surface area contributed by atoms with Gasteiger partial charge in [-0.1, -0.05) is 60.5 Å². The molecule has 1 fully saturated rings. The van der Waals surface area contributed by atoms with Crippen molar-refractivity contribution in [2.45, 2.75) is 45.3 Å². The van der Waals surface area contributed by atoms with Crippen LogP contribution >= 0.6 is 0 Å². The van der Waals surface area contributed by atoms with Gasteiger partial charge in [-0.25, -0.2) is 4.68 Å². The summed E-state index contributed by atoms with van der Waals surface area (Å²) in [6.07, 6.45) is 7.04. The minimum Gasteiger partial charge on any atom is -0.393 e. The first-order valence-corrected chi connectivity index (χ1v) is 10.7. The molecule has 1 N–H and O–H groups in total. The van der Waals surface area contributed by atoms with Crippen molar-refractivity contribution in [3.8, 4) is 5.69 Å². The zero-order chi connectivity index (χ0) is 20.7. The fourth-order valence-electron chi connectivity index (χ4n) is 5.01. The monoisotopic (exact) mass is 400 g/mol. The van der Waals surface area contributed by atoms with Crippen LogP contribution in [-0.2, 0) is 11.2 Å². The van der Waals surface area contributed by atoms with E-state index in [-0.39, 0.29) is 24.2 Å². The van der Waals surface area contributed by atoms with Crippen LogP contribution in [0.25, 0.3) is 11.8 Å². The second kappa shape index (κ2) is 7.53. The molecule has 0 bridgehead atoms. The lowest BCUT2D eigenvalue weighted by molar-refractivity contribution is -0.0761. The summed E-state index contributed by atoms with van der Waals surface area (Å²) < 4.78 is 8.57. The lowest BCUT2D eigenvalue weighted by atomic mass is 9.73. The van der Waals surface area contributed by atoms with E-state index in [9.17, 15) is 5.11 Å². The number of rotatable bonds is 5. The molecule has 2 aliphatic carbocycles. The Hall–Kier alpha value is -2.69. The molecule has 3 unspecified atom stereocenters. The topological polar surface area (TPSA) is 47.3 Å². The number of benzene rings is 2. The predicted octanol–water partition coefficient (Wildman–Crippen LogP) is 5.04. The first-order chi connectivity index (χ1) is 14.6. The van der Waals surface area contributed by atoms with Gasteiger partial charge in [0.25, 0.3) is 0 Å². The van der Waals surface area contributed by atoms with Crippen LogP contribution in [0.2, 0.25) is 0 Å². The van der Waals surface area contributed by atoms with E-state index < -0.39 is 0 Å². The Bertz CT molecular complexity index is 1070. The molecule has 2 aliphatic rings. The van der Waals surface area contributed by atoms with Crippen molar-refractivity contribution in [2.75, 3.05) is 6.61 Å². The second-order valence-corrected chi connectivity index (χ2v) is 8.81. The van der Waals surface area contributed by atoms with E-state index in [0.29, 0.717) is 0 Å². The molecule has 3 aromatic rings. The summed E-state index contributed by atoms with van der Waals surface area (Å²) in [5.74, 6) is 0. The van der Waals surface area contributed by atoms with Gasteiger partial charge in [0.2, 0.25) is 0 Å². The molecule has 30 heavy (non-hydrogen) atoms. The first kappa shape index (κ1) is 19.3. The number of aliphatic hydroxyl groups is 1. The highest BCUT2D eigenvalue weighted by Crippen LogP contribution is 2.51. The maximum atomic E-state index is 9.97. The normalized spacial score (nSPS) is 23.6. The molecule has 1 heterocycles. The molecule has 154 valence electrons. The van der Waals surface area contributed by atoms with Crippen LogP contribution in [0.3, 0.4) is 0 Å². The van der Waals surface area contributed by atoms with Gasteiger partial charge >= 0.3 is 0 Å². The first-order valence-electron chi connectivity index (χ1n) is 10.7. The van der Waals surface area contributed by atoms with Gasteiger partial charge in [-0.3, -0.25) is 0 Å². The Morgan fingerprint density at radius 3 is 2.67 bits per heavy atom. The number of aromatic nitrogens is 2.